The summed E-state index contributed by atoms with van der Waals surface area (Å²) in [5.41, 5.74) is 0. The van der Waals surface area contributed by atoms with Crippen LogP contribution in [-0.2, 0) is 28.6 Å². The van der Waals surface area contributed by atoms with Crippen LogP contribution in [0.4, 0.5) is 0 Å². The van der Waals surface area contributed by atoms with E-state index in [1.165, 1.54) is 270 Å². The predicted molar refractivity (Wildman–Crippen MR) is 362 cm³/mol. The average Bonchev–Trinajstić information content (AvgIpc) is 3.49. The number of hydrogen-bond donors (Lipinski definition) is 0. The second-order valence-electron chi connectivity index (χ2n) is 24.8. The van der Waals surface area contributed by atoms with E-state index in [1.54, 1.807) is 0 Å². The summed E-state index contributed by atoms with van der Waals surface area (Å²) in [6.45, 7) is 6.56. The maximum atomic E-state index is 13.0. The van der Waals surface area contributed by atoms with Crippen molar-refractivity contribution in [3.05, 3.63) is 60.8 Å². The standard InChI is InChI=1S/C77H140O6/c1-4-7-10-13-16-19-22-25-28-31-33-35-36-37-38-39-40-41-42-44-46-49-52-55-58-61-64-67-70-76(79)82-73-74(72-81-75(78)69-66-63-60-57-54-51-48-45-30-27-24-21-18-15-12-9-6-3)83-77(80)71-68-65-62-59-56-53-50-47-43-34-32-29-26-23-20-17-14-11-8-5-2/h9,12,18,21,27,30,48,51,57,60,74H,4-8,10-11,13-17,19-20,22-26,28-29,31-47,49-50,52-56,58-59,61-73H2,1-3H3/b12-9-,21-18-,30-27-,51-48-,60-57-. The van der Waals surface area contributed by atoms with Gasteiger partial charge in [-0.1, -0.05) is 377 Å². The Hall–Kier alpha value is -2.89. The number of allylic oxidation sites excluding steroid dienone is 10. The molecular weight excluding hydrogens is 1020 g/mol. The first-order chi connectivity index (χ1) is 41.0. The highest BCUT2D eigenvalue weighted by Gasteiger charge is 2.19. The maximum absolute atomic E-state index is 13.0. The fourth-order valence-corrected chi connectivity index (χ4v) is 11.1. The van der Waals surface area contributed by atoms with E-state index in [2.05, 4.69) is 81.5 Å². The van der Waals surface area contributed by atoms with Gasteiger partial charge in [0.1, 0.15) is 13.2 Å². The Labute approximate surface area is 517 Å². The van der Waals surface area contributed by atoms with E-state index in [0.717, 1.165) is 77.0 Å². The van der Waals surface area contributed by atoms with Gasteiger partial charge in [-0.05, 0) is 57.8 Å². The van der Waals surface area contributed by atoms with Crippen LogP contribution in [0.5, 0.6) is 0 Å². The zero-order valence-corrected chi connectivity index (χ0v) is 55.7. The Morgan fingerprint density at radius 1 is 0.253 bits per heavy atom. The topological polar surface area (TPSA) is 78.9 Å². The minimum atomic E-state index is -0.796. The van der Waals surface area contributed by atoms with Crippen LogP contribution in [0.2, 0.25) is 0 Å². The highest BCUT2D eigenvalue weighted by Crippen LogP contribution is 2.19. The molecule has 1 unspecified atom stereocenters. The van der Waals surface area contributed by atoms with Crippen LogP contribution >= 0.6 is 0 Å². The molecule has 0 aliphatic rings. The van der Waals surface area contributed by atoms with Crippen molar-refractivity contribution >= 4 is 17.9 Å². The normalized spacial score (nSPS) is 12.4. The number of esters is 3. The lowest BCUT2D eigenvalue weighted by atomic mass is 10.0. The Bertz CT molecular complexity index is 1470. The van der Waals surface area contributed by atoms with Gasteiger partial charge in [-0.25, -0.2) is 0 Å². The van der Waals surface area contributed by atoms with Crippen molar-refractivity contribution in [1.82, 2.24) is 0 Å². The fourth-order valence-electron chi connectivity index (χ4n) is 11.1. The quantitative estimate of drug-likeness (QED) is 0.0261. The van der Waals surface area contributed by atoms with E-state index < -0.39 is 6.10 Å². The molecule has 0 heterocycles. The van der Waals surface area contributed by atoms with Crippen molar-refractivity contribution < 1.29 is 28.6 Å². The van der Waals surface area contributed by atoms with Crippen LogP contribution in [0.3, 0.4) is 0 Å². The largest absolute Gasteiger partial charge is 0.462 e. The molecular formula is C77H140O6. The van der Waals surface area contributed by atoms with E-state index in [-0.39, 0.29) is 37.5 Å². The van der Waals surface area contributed by atoms with Gasteiger partial charge in [0.25, 0.3) is 0 Å². The van der Waals surface area contributed by atoms with Gasteiger partial charge < -0.3 is 14.2 Å². The minimum Gasteiger partial charge on any atom is -0.462 e. The van der Waals surface area contributed by atoms with E-state index >= 15 is 0 Å². The van der Waals surface area contributed by atoms with Crippen molar-refractivity contribution in [3.63, 3.8) is 0 Å². The average molecular weight is 1160 g/mol. The van der Waals surface area contributed by atoms with Gasteiger partial charge in [0.15, 0.2) is 6.10 Å². The van der Waals surface area contributed by atoms with Gasteiger partial charge in [-0.15, -0.1) is 0 Å². The summed E-state index contributed by atoms with van der Waals surface area (Å²) in [7, 11) is 0. The fraction of sp³-hybridized carbons (Fsp3) is 0.831. The molecule has 0 aromatic heterocycles. The monoisotopic (exact) mass is 1160 g/mol. The Kier molecular flexibility index (Phi) is 69.1. The third-order valence-electron chi connectivity index (χ3n) is 16.5. The van der Waals surface area contributed by atoms with Gasteiger partial charge in [-0.2, -0.15) is 0 Å². The molecule has 484 valence electrons. The Morgan fingerprint density at radius 2 is 0.470 bits per heavy atom. The number of ether oxygens (including phenoxy) is 3. The molecule has 0 saturated heterocycles. The molecule has 1 atom stereocenters. The van der Waals surface area contributed by atoms with Crippen molar-refractivity contribution in [2.45, 2.75) is 399 Å². The van der Waals surface area contributed by atoms with Crippen LogP contribution in [-0.4, -0.2) is 37.2 Å². The van der Waals surface area contributed by atoms with Gasteiger partial charge in [0.2, 0.25) is 0 Å². The molecule has 0 aromatic carbocycles. The lowest BCUT2D eigenvalue weighted by Crippen LogP contribution is -2.30. The van der Waals surface area contributed by atoms with Gasteiger partial charge in [0, 0.05) is 19.3 Å². The summed E-state index contributed by atoms with van der Waals surface area (Å²) in [5.74, 6) is -0.920. The molecule has 0 bridgehead atoms. The molecule has 0 fully saturated rings. The molecule has 0 spiro atoms. The lowest BCUT2D eigenvalue weighted by Gasteiger charge is -2.18. The van der Waals surface area contributed by atoms with Crippen LogP contribution < -0.4 is 0 Å². The minimum absolute atomic E-state index is 0.0866. The summed E-state index contributed by atoms with van der Waals surface area (Å²) >= 11 is 0. The van der Waals surface area contributed by atoms with Crippen molar-refractivity contribution in [1.29, 1.82) is 0 Å². The van der Waals surface area contributed by atoms with E-state index in [1.807, 2.05) is 0 Å². The number of carbonyl (C=O) groups is 3. The van der Waals surface area contributed by atoms with Crippen LogP contribution in [0.1, 0.15) is 393 Å². The first kappa shape index (κ1) is 80.1. The molecule has 0 radical (unpaired) electrons. The van der Waals surface area contributed by atoms with E-state index in [4.69, 9.17) is 14.2 Å². The molecule has 0 saturated carbocycles. The molecule has 6 nitrogen and oxygen atoms in total. The maximum Gasteiger partial charge on any atom is 0.306 e. The highest BCUT2D eigenvalue weighted by molar-refractivity contribution is 5.71. The Balaban J connectivity index is 4.29. The first-order valence-electron chi connectivity index (χ1n) is 36.8. The number of hydrogen-bond acceptors (Lipinski definition) is 6. The van der Waals surface area contributed by atoms with Crippen molar-refractivity contribution in [2.75, 3.05) is 13.2 Å². The van der Waals surface area contributed by atoms with Gasteiger partial charge in [0.05, 0.1) is 0 Å². The first-order valence-corrected chi connectivity index (χ1v) is 36.8. The summed E-state index contributed by atoms with van der Waals surface area (Å²) in [5, 5.41) is 0. The zero-order chi connectivity index (χ0) is 59.9. The summed E-state index contributed by atoms with van der Waals surface area (Å²) < 4.78 is 17.0. The van der Waals surface area contributed by atoms with Crippen molar-refractivity contribution in [3.8, 4) is 0 Å². The van der Waals surface area contributed by atoms with Crippen molar-refractivity contribution in [2.24, 2.45) is 0 Å². The molecule has 0 aliphatic carbocycles. The predicted octanol–water partition coefficient (Wildman–Crippen LogP) is 25.5. The molecule has 0 N–H and O–H groups in total. The summed E-state index contributed by atoms with van der Waals surface area (Å²) in [4.78, 5) is 38.5. The third kappa shape index (κ3) is 69.8. The van der Waals surface area contributed by atoms with E-state index in [0.29, 0.717) is 19.3 Å². The summed E-state index contributed by atoms with van der Waals surface area (Å²) in [6, 6.07) is 0. The smallest absolute Gasteiger partial charge is 0.306 e. The molecule has 83 heavy (non-hydrogen) atoms. The number of rotatable bonds is 68. The highest BCUT2D eigenvalue weighted by atomic mass is 16.6. The second kappa shape index (κ2) is 71.6. The SMILES string of the molecule is CC/C=C\C/C=C\C/C=C\C/C=C\C/C=C\CCCC(=O)OCC(COC(=O)CCCCCCCCCCCCCCCCCCCCCCCCCCCCCC)OC(=O)CCCCCCCCCCCCCCCCCCCCCC. The van der Waals surface area contributed by atoms with E-state index in [9.17, 15) is 14.4 Å². The molecule has 6 heteroatoms. The number of carbonyl (C=O) groups excluding carboxylic acids is 3. The second-order valence-corrected chi connectivity index (χ2v) is 24.8. The van der Waals surface area contributed by atoms with Crippen LogP contribution in [0.25, 0.3) is 0 Å². The van der Waals surface area contributed by atoms with Gasteiger partial charge >= 0.3 is 17.9 Å². The van der Waals surface area contributed by atoms with Crippen LogP contribution in [0, 0.1) is 0 Å². The number of unbranched alkanes of at least 4 members (excludes halogenated alkanes) is 47. The molecule has 0 aromatic rings. The summed E-state index contributed by atoms with van der Waals surface area (Å²) in [6.07, 6.45) is 92.8. The lowest BCUT2D eigenvalue weighted by molar-refractivity contribution is -0.167. The third-order valence-corrected chi connectivity index (χ3v) is 16.5. The van der Waals surface area contributed by atoms with Crippen LogP contribution in [0.15, 0.2) is 60.8 Å². The molecule has 0 aliphatic heterocycles. The molecule has 0 amide bonds. The Morgan fingerprint density at radius 3 is 0.735 bits per heavy atom. The molecule has 0 rings (SSSR count). The zero-order valence-electron chi connectivity index (χ0n) is 55.7. The van der Waals surface area contributed by atoms with Gasteiger partial charge in [-0.3, -0.25) is 14.4 Å².